The van der Waals surface area contributed by atoms with E-state index in [0.717, 1.165) is 5.56 Å². The summed E-state index contributed by atoms with van der Waals surface area (Å²) in [5.41, 5.74) is 0.884. The van der Waals surface area contributed by atoms with Gasteiger partial charge in [-0.05, 0) is 25.1 Å². The van der Waals surface area contributed by atoms with Crippen LogP contribution in [0.4, 0.5) is 0 Å². The molecule has 0 aliphatic carbocycles. The topological polar surface area (TPSA) is 81.3 Å². The number of esters is 1. The van der Waals surface area contributed by atoms with Gasteiger partial charge in [-0.15, -0.1) is 0 Å². The van der Waals surface area contributed by atoms with Gasteiger partial charge in [0.2, 0.25) is 0 Å². The van der Waals surface area contributed by atoms with Crippen LogP contribution in [0.2, 0.25) is 0 Å². The first kappa shape index (κ1) is 15.7. The van der Waals surface area contributed by atoms with Crippen LogP contribution in [0.1, 0.15) is 16.1 Å². The van der Waals surface area contributed by atoms with Crippen molar-refractivity contribution < 1.29 is 14.3 Å². The molecule has 0 radical (unpaired) electrons. The minimum atomic E-state index is -0.602. The summed E-state index contributed by atoms with van der Waals surface area (Å²) in [6, 6.07) is 14.4. The van der Waals surface area contributed by atoms with Crippen LogP contribution < -0.4 is 10.3 Å². The summed E-state index contributed by atoms with van der Waals surface area (Å²) in [5.74, 6) is 0.110. The second kappa shape index (κ2) is 6.95. The SMILES string of the molecule is Cc1ccc(OCCOC(=O)c2n[nH]c(=O)c3ccccc23)cc1. The van der Waals surface area contributed by atoms with Crippen molar-refractivity contribution in [1.29, 1.82) is 0 Å². The minimum Gasteiger partial charge on any atom is -0.490 e. The minimum absolute atomic E-state index is 0.0838. The van der Waals surface area contributed by atoms with E-state index in [4.69, 9.17) is 9.47 Å². The predicted octanol–water partition coefficient (Wildman–Crippen LogP) is 2.47. The van der Waals surface area contributed by atoms with Crippen LogP contribution in [-0.4, -0.2) is 29.4 Å². The van der Waals surface area contributed by atoms with Crippen LogP contribution in [-0.2, 0) is 4.74 Å². The molecule has 6 nitrogen and oxygen atoms in total. The molecule has 0 aliphatic heterocycles. The molecular formula is C18H16N2O4. The molecule has 0 saturated heterocycles. The molecule has 6 heteroatoms. The van der Waals surface area contributed by atoms with Gasteiger partial charge in [0.25, 0.3) is 5.56 Å². The number of nitrogens with zero attached hydrogens (tertiary/aromatic N) is 1. The van der Waals surface area contributed by atoms with Crippen LogP contribution in [0.25, 0.3) is 10.8 Å². The van der Waals surface area contributed by atoms with E-state index in [9.17, 15) is 9.59 Å². The Morgan fingerprint density at radius 1 is 1.04 bits per heavy atom. The van der Waals surface area contributed by atoms with Crippen LogP contribution >= 0.6 is 0 Å². The van der Waals surface area contributed by atoms with E-state index in [1.807, 2.05) is 31.2 Å². The molecule has 122 valence electrons. The van der Waals surface area contributed by atoms with Crippen molar-refractivity contribution in [3.63, 3.8) is 0 Å². The maximum absolute atomic E-state index is 12.2. The van der Waals surface area contributed by atoms with Crippen molar-refractivity contribution in [2.45, 2.75) is 6.92 Å². The maximum Gasteiger partial charge on any atom is 0.359 e. The van der Waals surface area contributed by atoms with Gasteiger partial charge in [0, 0.05) is 5.39 Å². The standard InChI is InChI=1S/C18H16N2O4/c1-12-6-8-13(9-7-12)23-10-11-24-18(22)16-14-4-2-3-5-15(14)17(21)20-19-16/h2-9H,10-11H2,1H3,(H,20,21). The van der Waals surface area contributed by atoms with Crippen LogP contribution in [0.3, 0.4) is 0 Å². The fourth-order valence-electron chi connectivity index (χ4n) is 2.27. The number of H-pyrrole nitrogens is 1. The molecule has 0 saturated carbocycles. The zero-order valence-corrected chi connectivity index (χ0v) is 13.1. The first-order chi connectivity index (χ1) is 11.6. The monoisotopic (exact) mass is 324 g/mol. The molecule has 0 atom stereocenters. The van der Waals surface area contributed by atoms with E-state index in [-0.39, 0.29) is 24.5 Å². The van der Waals surface area contributed by atoms with Gasteiger partial charge < -0.3 is 9.47 Å². The number of hydrogen-bond acceptors (Lipinski definition) is 5. The Kier molecular flexibility index (Phi) is 4.56. The summed E-state index contributed by atoms with van der Waals surface area (Å²) in [4.78, 5) is 23.9. The molecule has 0 bridgehead atoms. The number of nitrogens with one attached hydrogen (secondary N) is 1. The Balaban J connectivity index is 1.62. The van der Waals surface area contributed by atoms with E-state index >= 15 is 0 Å². The van der Waals surface area contributed by atoms with Crippen LogP contribution in [0.15, 0.2) is 53.3 Å². The summed E-state index contributed by atoms with van der Waals surface area (Å²) in [5, 5.41) is 6.97. The zero-order valence-electron chi connectivity index (χ0n) is 13.1. The van der Waals surface area contributed by atoms with Crippen molar-refractivity contribution in [3.05, 3.63) is 70.1 Å². The fourth-order valence-corrected chi connectivity index (χ4v) is 2.27. The summed E-state index contributed by atoms with van der Waals surface area (Å²) in [7, 11) is 0. The van der Waals surface area contributed by atoms with Crippen molar-refractivity contribution >= 4 is 16.7 Å². The highest BCUT2D eigenvalue weighted by molar-refractivity contribution is 6.01. The number of benzene rings is 2. The summed E-state index contributed by atoms with van der Waals surface area (Å²) in [6.07, 6.45) is 0. The predicted molar refractivity (Wildman–Crippen MR) is 89.3 cm³/mol. The van der Waals surface area contributed by atoms with Crippen molar-refractivity contribution in [2.24, 2.45) is 0 Å². The Morgan fingerprint density at radius 2 is 1.75 bits per heavy atom. The molecule has 3 rings (SSSR count). The number of carbonyl (C=O) groups is 1. The lowest BCUT2D eigenvalue weighted by Crippen LogP contribution is -2.18. The van der Waals surface area contributed by atoms with Gasteiger partial charge in [-0.1, -0.05) is 35.9 Å². The summed E-state index contributed by atoms with van der Waals surface area (Å²) < 4.78 is 10.7. The van der Waals surface area contributed by atoms with Gasteiger partial charge in [-0.3, -0.25) is 4.79 Å². The first-order valence-electron chi connectivity index (χ1n) is 7.49. The number of aromatic nitrogens is 2. The molecule has 0 fully saturated rings. The number of ether oxygens (including phenoxy) is 2. The highest BCUT2D eigenvalue weighted by Gasteiger charge is 2.15. The van der Waals surface area contributed by atoms with Gasteiger partial charge in [0.15, 0.2) is 5.69 Å². The van der Waals surface area contributed by atoms with Crippen molar-refractivity contribution in [1.82, 2.24) is 10.2 Å². The average Bonchev–Trinajstić information content (AvgIpc) is 2.60. The molecule has 0 aliphatic rings. The van der Waals surface area contributed by atoms with Crippen molar-refractivity contribution in [2.75, 3.05) is 13.2 Å². The third-order valence-electron chi connectivity index (χ3n) is 3.50. The van der Waals surface area contributed by atoms with Gasteiger partial charge >= 0.3 is 5.97 Å². The quantitative estimate of drug-likeness (QED) is 0.576. The number of fused-ring (bicyclic) bond motifs is 1. The molecule has 1 aromatic heterocycles. The van der Waals surface area contributed by atoms with Crippen molar-refractivity contribution in [3.8, 4) is 5.75 Å². The Labute approximate surface area is 138 Å². The molecule has 1 N–H and O–H groups in total. The number of aryl methyl sites for hydroxylation is 1. The third kappa shape index (κ3) is 3.43. The zero-order chi connectivity index (χ0) is 16.9. The van der Waals surface area contributed by atoms with E-state index in [1.165, 1.54) is 0 Å². The first-order valence-corrected chi connectivity index (χ1v) is 7.49. The Bertz CT molecular complexity index is 916. The van der Waals surface area contributed by atoms with E-state index in [0.29, 0.717) is 16.5 Å². The lowest BCUT2D eigenvalue weighted by atomic mass is 10.1. The lowest BCUT2D eigenvalue weighted by molar-refractivity contribution is 0.0445. The lowest BCUT2D eigenvalue weighted by Gasteiger charge is -2.08. The molecule has 3 aromatic rings. The number of aromatic amines is 1. The molecule has 0 unspecified atom stereocenters. The number of rotatable bonds is 5. The largest absolute Gasteiger partial charge is 0.490 e. The van der Waals surface area contributed by atoms with Gasteiger partial charge in [0.05, 0.1) is 5.39 Å². The molecule has 0 amide bonds. The summed E-state index contributed by atoms with van der Waals surface area (Å²) in [6.45, 7) is 2.31. The van der Waals surface area contributed by atoms with E-state index < -0.39 is 5.97 Å². The highest BCUT2D eigenvalue weighted by Crippen LogP contribution is 2.14. The Hall–Kier alpha value is -3.15. The fraction of sp³-hybridized carbons (Fsp3) is 0.167. The second-order valence-electron chi connectivity index (χ2n) is 5.24. The summed E-state index contributed by atoms with van der Waals surface area (Å²) >= 11 is 0. The highest BCUT2D eigenvalue weighted by atomic mass is 16.6. The third-order valence-corrected chi connectivity index (χ3v) is 3.50. The van der Waals surface area contributed by atoms with Gasteiger partial charge in [-0.25, -0.2) is 9.89 Å². The molecular weight excluding hydrogens is 308 g/mol. The van der Waals surface area contributed by atoms with Crippen LogP contribution in [0.5, 0.6) is 5.75 Å². The van der Waals surface area contributed by atoms with Crippen LogP contribution in [0, 0.1) is 6.92 Å². The molecule has 24 heavy (non-hydrogen) atoms. The Morgan fingerprint density at radius 3 is 2.50 bits per heavy atom. The smallest absolute Gasteiger partial charge is 0.359 e. The van der Waals surface area contributed by atoms with Gasteiger partial charge in [-0.2, -0.15) is 5.10 Å². The molecule has 0 spiro atoms. The second-order valence-corrected chi connectivity index (χ2v) is 5.24. The van der Waals surface area contributed by atoms with Gasteiger partial charge in [0.1, 0.15) is 19.0 Å². The van der Waals surface area contributed by atoms with E-state index in [2.05, 4.69) is 10.2 Å². The molecule has 1 heterocycles. The average molecular weight is 324 g/mol. The number of hydrogen-bond donors (Lipinski definition) is 1. The maximum atomic E-state index is 12.2. The molecule has 2 aromatic carbocycles. The normalized spacial score (nSPS) is 10.5. The number of carbonyl (C=O) groups excluding carboxylic acids is 1. The van der Waals surface area contributed by atoms with E-state index in [1.54, 1.807) is 24.3 Å².